The number of hydrogen-bond donors (Lipinski definition) is 2. The Morgan fingerprint density at radius 1 is 1.30 bits per heavy atom. The Morgan fingerprint density at radius 3 is 2.82 bits per heavy atom. The first-order valence-electron chi connectivity index (χ1n) is 11.0. The van der Waals surface area contributed by atoms with Crippen LogP contribution in [0, 0.1) is 11.8 Å². The van der Waals surface area contributed by atoms with Crippen LogP contribution < -0.4 is 10.1 Å². The molecule has 8 heteroatoms. The van der Waals surface area contributed by atoms with Gasteiger partial charge in [-0.15, -0.1) is 0 Å². The van der Waals surface area contributed by atoms with E-state index < -0.39 is 23.8 Å². The lowest BCUT2D eigenvalue weighted by Gasteiger charge is -2.14. The van der Waals surface area contributed by atoms with Crippen molar-refractivity contribution in [3.05, 3.63) is 66.3 Å². The van der Waals surface area contributed by atoms with Crippen LogP contribution in [0.25, 0.3) is 0 Å². The summed E-state index contributed by atoms with van der Waals surface area (Å²) in [5, 5.41) is 12.9. The molecule has 0 bridgehead atoms. The Hall–Kier alpha value is -2.87. The maximum absolute atomic E-state index is 12.8. The molecule has 33 heavy (non-hydrogen) atoms. The zero-order valence-electron chi connectivity index (χ0n) is 18.6. The molecule has 1 aromatic rings. The highest BCUT2D eigenvalue weighted by molar-refractivity contribution is 5.95. The number of nitrogens with one attached hydrogen (secondary N) is 1. The van der Waals surface area contributed by atoms with E-state index in [9.17, 15) is 27.9 Å². The van der Waals surface area contributed by atoms with E-state index in [1.165, 1.54) is 24.3 Å². The van der Waals surface area contributed by atoms with Gasteiger partial charge in [0, 0.05) is 18.9 Å². The Morgan fingerprint density at radius 2 is 2.09 bits per heavy atom. The number of carbonyl (C=O) groups excluding carboxylic acids is 2. The van der Waals surface area contributed by atoms with E-state index in [4.69, 9.17) is 4.74 Å². The fourth-order valence-corrected chi connectivity index (χ4v) is 3.41. The minimum atomic E-state index is -4.47. The van der Waals surface area contributed by atoms with Gasteiger partial charge in [-0.1, -0.05) is 36.4 Å². The average Bonchev–Trinajstić information content (AvgIpc) is 3.12. The highest BCUT2D eigenvalue weighted by Crippen LogP contribution is 2.31. The minimum absolute atomic E-state index is 0.00562. The van der Waals surface area contributed by atoms with Crippen LogP contribution in [0.5, 0.6) is 5.75 Å². The van der Waals surface area contributed by atoms with Crippen molar-refractivity contribution in [3.63, 3.8) is 0 Å². The second kappa shape index (κ2) is 13.0. The van der Waals surface area contributed by atoms with Gasteiger partial charge in [-0.25, -0.2) is 0 Å². The van der Waals surface area contributed by atoms with Crippen molar-refractivity contribution < 1.29 is 32.6 Å². The van der Waals surface area contributed by atoms with Gasteiger partial charge in [0.25, 0.3) is 0 Å². The molecule has 1 aromatic carbocycles. The summed E-state index contributed by atoms with van der Waals surface area (Å²) >= 11 is 0. The second-order valence-electron chi connectivity index (χ2n) is 7.79. The number of allylic oxidation sites excluding steroid dienone is 5. The summed E-state index contributed by atoms with van der Waals surface area (Å²) in [6.45, 7) is 2.27. The smallest absolute Gasteiger partial charge is 0.416 e. The van der Waals surface area contributed by atoms with E-state index in [1.807, 2.05) is 25.2 Å². The van der Waals surface area contributed by atoms with Gasteiger partial charge in [-0.05, 0) is 56.4 Å². The van der Waals surface area contributed by atoms with E-state index in [-0.39, 0.29) is 30.0 Å². The molecule has 0 unspecified atom stereocenters. The minimum Gasteiger partial charge on any atom is -0.491 e. The van der Waals surface area contributed by atoms with Gasteiger partial charge in [-0.2, -0.15) is 13.2 Å². The molecule has 0 heterocycles. The van der Waals surface area contributed by atoms with Crippen molar-refractivity contribution >= 4 is 11.7 Å². The Bertz CT molecular complexity index is 877. The summed E-state index contributed by atoms with van der Waals surface area (Å²) in [7, 11) is 0. The first-order valence-corrected chi connectivity index (χ1v) is 11.0. The van der Waals surface area contributed by atoms with Crippen molar-refractivity contribution in [2.24, 2.45) is 11.8 Å². The Labute approximate surface area is 192 Å². The fraction of sp³-hybridized carbons (Fsp3) is 0.440. The summed E-state index contributed by atoms with van der Waals surface area (Å²) in [6.07, 6.45) is 7.50. The maximum atomic E-state index is 12.8. The molecule has 180 valence electrons. The molecule has 0 radical (unpaired) electrons. The predicted molar refractivity (Wildman–Crippen MR) is 120 cm³/mol. The summed E-state index contributed by atoms with van der Waals surface area (Å²) in [4.78, 5) is 23.6. The SMILES string of the molecule is CCNC(=O)CCCC=CC[C@H]1C=CC(=O)[C@@H]1/C=C/[C@@H](O)COc1cccc(C(F)(F)F)c1. The van der Waals surface area contributed by atoms with Crippen molar-refractivity contribution in [3.8, 4) is 5.75 Å². The van der Waals surface area contributed by atoms with Crippen LogP contribution in [0.4, 0.5) is 13.2 Å². The number of amides is 1. The molecule has 3 atom stereocenters. The van der Waals surface area contributed by atoms with Crippen molar-refractivity contribution in [1.82, 2.24) is 5.32 Å². The van der Waals surface area contributed by atoms with E-state index in [1.54, 1.807) is 6.08 Å². The quantitative estimate of drug-likeness (QED) is 0.349. The molecule has 0 fully saturated rings. The number of ketones is 1. The number of halogens is 3. The van der Waals surface area contributed by atoms with Gasteiger partial charge in [0.05, 0.1) is 5.56 Å². The zero-order valence-corrected chi connectivity index (χ0v) is 18.6. The summed E-state index contributed by atoms with van der Waals surface area (Å²) in [5.41, 5.74) is -0.826. The molecule has 5 nitrogen and oxygen atoms in total. The van der Waals surface area contributed by atoms with Gasteiger partial charge in [0.15, 0.2) is 5.78 Å². The monoisotopic (exact) mass is 465 g/mol. The van der Waals surface area contributed by atoms with E-state index in [2.05, 4.69) is 5.32 Å². The van der Waals surface area contributed by atoms with Gasteiger partial charge >= 0.3 is 6.18 Å². The lowest BCUT2D eigenvalue weighted by Crippen LogP contribution is -2.21. The first-order chi connectivity index (χ1) is 15.7. The van der Waals surface area contributed by atoms with Gasteiger partial charge in [0.2, 0.25) is 5.91 Å². The number of alkyl halides is 3. The van der Waals surface area contributed by atoms with Gasteiger partial charge in [0.1, 0.15) is 18.5 Å². The molecule has 0 spiro atoms. The number of carbonyl (C=O) groups is 2. The summed E-state index contributed by atoms with van der Waals surface area (Å²) in [5.74, 6) is -0.466. The van der Waals surface area contributed by atoms with E-state index in [0.717, 1.165) is 25.0 Å². The highest BCUT2D eigenvalue weighted by Gasteiger charge is 2.30. The predicted octanol–water partition coefficient (Wildman–Crippen LogP) is 4.63. The molecule has 0 saturated carbocycles. The second-order valence-corrected chi connectivity index (χ2v) is 7.79. The van der Waals surface area contributed by atoms with Crippen LogP contribution >= 0.6 is 0 Å². The molecule has 0 aromatic heterocycles. The Kier molecular flexibility index (Phi) is 10.4. The lowest BCUT2D eigenvalue weighted by molar-refractivity contribution is -0.137. The average molecular weight is 466 g/mol. The molecule has 0 saturated heterocycles. The summed E-state index contributed by atoms with van der Waals surface area (Å²) in [6, 6.07) is 4.44. The third kappa shape index (κ3) is 9.26. The number of benzene rings is 1. The van der Waals surface area contributed by atoms with Gasteiger partial charge in [-0.3, -0.25) is 9.59 Å². The van der Waals surface area contributed by atoms with Crippen LogP contribution in [0.2, 0.25) is 0 Å². The standard InChI is InChI=1S/C25H30F3NO4/c1-2-29-24(32)11-6-4-3-5-8-18-12-15-23(31)22(18)14-13-20(30)17-33-21-10-7-9-19(16-21)25(26,27)28/h3,5,7,9-10,12-16,18,20,22,30H,2,4,6,8,11,17H2,1H3,(H,29,32)/b5-3?,14-13+/t18-,20+,22+/m0/s1. The van der Waals surface area contributed by atoms with E-state index in [0.29, 0.717) is 19.4 Å². The number of unbranched alkanes of at least 4 members (excludes halogenated alkanes) is 1. The molecule has 1 aliphatic carbocycles. The summed E-state index contributed by atoms with van der Waals surface area (Å²) < 4.78 is 43.6. The largest absolute Gasteiger partial charge is 0.491 e. The van der Waals surface area contributed by atoms with E-state index >= 15 is 0 Å². The van der Waals surface area contributed by atoms with Crippen LogP contribution in [-0.2, 0) is 15.8 Å². The number of rotatable bonds is 12. The van der Waals surface area contributed by atoms with Crippen LogP contribution in [0.1, 0.15) is 38.2 Å². The van der Waals surface area contributed by atoms with Gasteiger partial charge < -0.3 is 15.2 Å². The van der Waals surface area contributed by atoms with Crippen molar-refractivity contribution in [2.45, 2.75) is 44.9 Å². The molecule has 0 aliphatic heterocycles. The first kappa shape index (κ1) is 26.4. The number of hydrogen-bond acceptors (Lipinski definition) is 4. The zero-order chi connectivity index (χ0) is 24.3. The third-order valence-corrected chi connectivity index (χ3v) is 5.14. The molecular weight excluding hydrogens is 435 g/mol. The van der Waals surface area contributed by atoms with Crippen molar-refractivity contribution in [2.75, 3.05) is 13.2 Å². The third-order valence-electron chi connectivity index (χ3n) is 5.14. The topological polar surface area (TPSA) is 75.6 Å². The van der Waals surface area contributed by atoms with Crippen LogP contribution in [0.3, 0.4) is 0 Å². The molecule has 2 N–H and O–H groups in total. The number of aliphatic hydroxyl groups excluding tert-OH is 1. The molecule has 1 amide bonds. The Balaban J connectivity index is 1.79. The van der Waals surface area contributed by atoms with Crippen molar-refractivity contribution in [1.29, 1.82) is 0 Å². The molecule has 2 rings (SSSR count). The highest BCUT2D eigenvalue weighted by atomic mass is 19.4. The maximum Gasteiger partial charge on any atom is 0.416 e. The number of ether oxygens (including phenoxy) is 1. The van der Waals surface area contributed by atoms with Crippen LogP contribution in [-0.4, -0.2) is 36.1 Å². The molecule has 1 aliphatic rings. The van der Waals surface area contributed by atoms with Crippen LogP contribution in [0.15, 0.2) is 60.7 Å². The fourth-order valence-electron chi connectivity index (χ4n) is 3.41. The lowest BCUT2D eigenvalue weighted by atomic mass is 9.91. The molecular formula is C25H30F3NO4. The number of aliphatic hydroxyl groups is 1. The normalized spacial score (nSPS) is 19.5.